The summed E-state index contributed by atoms with van der Waals surface area (Å²) in [7, 11) is 0. The van der Waals surface area contributed by atoms with E-state index >= 15 is 0 Å². The number of nitrogens with one attached hydrogen (secondary N) is 3. The molecule has 0 fully saturated rings. The molecule has 2 heterocycles. The van der Waals surface area contributed by atoms with Crippen LogP contribution in [0.15, 0.2) is 46.0 Å². The SMILES string of the molecule is CCNC(=NCc1ccc(F)cc1C(F)(F)F)NCc1nc(-c2ccco2)n[nH]1.I. The van der Waals surface area contributed by atoms with Gasteiger partial charge in [0.05, 0.1) is 24.9 Å². The molecule has 0 aliphatic heterocycles. The van der Waals surface area contributed by atoms with Gasteiger partial charge in [0.2, 0.25) is 5.82 Å². The average Bonchev–Trinajstić information content (AvgIpc) is 3.35. The van der Waals surface area contributed by atoms with Gasteiger partial charge >= 0.3 is 6.18 Å². The third-order valence-electron chi connectivity index (χ3n) is 3.83. The predicted molar refractivity (Wildman–Crippen MR) is 113 cm³/mol. The first-order chi connectivity index (χ1) is 13.9. The maximum Gasteiger partial charge on any atom is 0.416 e. The second kappa shape index (κ2) is 10.4. The third-order valence-corrected chi connectivity index (χ3v) is 3.83. The summed E-state index contributed by atoms with van der Waals surface area (Å²) < 4.78 is 57.8. The van der Waals surface area contributed by atoms with Crippen molar-refractivity contribution in [3.63, 3.8) is 0 Å². The molecule has 0 amide bonds. The number of aromatic amines is 1. The van der Waals surface area contributed by atoms with Crippen LogP contribution in [0.3, 0.4) is 0 Å². The highest BCUT2D eigenvalue weighted by Crippen LogP contribution is 2.32. The molecule has 0 saturated heterocycles. The average molecular weight is 538 g/mol. The van der Waals surface area contributed by atoms with Crippen LogP contribution in [0, 0.1) is 5.82 Å². The van der Waals surface area contributed by atoms with Crippen LogP contribution < -0.4 is 10.6 Å². The molecule has 0 atom stereocenters. The van der Waals surface area contributed by atoms with Crippen molar-refractivity contribution in [3.05, 3.63) is 59.4 Å². The molecule has 2 aromatic heterocycles. The zero-order valence-corrected chi connectivity index (χ0v) is 18.1. The van der Waals surface area contributed by atoms with Crippen LogP contribution in [-0.2, 0) is 19.3 Å². The number of H-pyrrole nitrogens is 1. The number of hydrogen-bond acceptors (Lipinski definition) is 4. The minimum absolute atomic E-state index is 0. The lowest BCUT2D eigenvalue weighted by Gasteiger charge is -2.13. The molecule has 162 valence electrons. The predicted octanol–water partition coefficient (Wildman–Crippen LogP) is 4.10. The smallest absolute Gasteiger partial charge is 0.416 e. The van der Waals surface area contributed by atoms with Crippen molar-refractivity contribution in [2.75, 3.05) is 6.54 Å². The molecule has 1 aromatic carbocycles. The number of alkyl halides is 3. The summed E-state index contributed by atoms with van der Waals surface area (Å²) in [5.41, 5.74) is -1.17. The minimum atomic E-state index is -4.67. The van der Waals surface area contributed by atoms with E-state index in [1.54, 1.807) is 12.1 Å². The molecular formula is C18H19F4IN6O. The Hall–Kier alpha value is -2.64. The Morgan fingerprint density at radius 1 is 1.23 bits per heavy atom. The molecule has 0 radical (unpaired) electrons. The monoisotopic (exact) mass is 538 g/mol. The molecule has 0 aliphatic carbocycles. The second-order valence-corrected chi connectivity index (χ2v) is 5.93. The van der Waals surface area contributed by atoms with E-state index in [1.165, 1.54) is 6.26 Å². The highest BCUT2D eigenvalue weighted by Gasteiger charge is 2.33. The standard InChI is InChI=1S/C18H18F4N6O.HI/c1-2-23-17(24-9-11-5-6-12(19)8-13(11)18(20,21)22)25-10-15-26-16(28-27-15)14-4-3-7-29-14;/h3-8H,2,9-10H2,1H3,(H2,23,24,25)(H,26,27,28);1H. The fourth-order valence-corrected chi connectivity index (χ4v) is 2.51. The highest BCUT2D eigenvalue weighted by atomic mass is 127. The van der Waals surface area contributed by atoms with E-state index < -0.39 is 17.6 Å². The molecule has 3 aromatic rings. The van der Waals surface area contributed by atoms with Crippen molar-refractivity contribution < 1.29 is 22.0 Å². The van der Waals surface area contributed by atoms with E-state index in [4.69, 9.17) is 4.42 Å². The van der Waals surface area contributed by atoms with Gasteiger partial charge in [-0.25, -0.2) is 14.4 Å². The molecule has 3 rings (SSSR count). The summed E-state index contributed by atoms with van der Waals surface area (Å²) in [4.78, 5) is 8.41. The Labute approximate surface area is 186 Å². The van der Waals surface area contributed by atoms with E-state index in [9.17, 15) is 17.6 Å². The van der Waals surface area contributed by atoms with Gasteiger partial charge in [-0.2, -0.15) is 13.2 Å². The topological polar surface area (TPSA) is 91.1 Å². The van der Waals surface area contributed by atoms with E-state index in [0.29, 0.717) is 30.0 Å². The minimum Gasteiger partial charge on any atom is -0.461 e. The zero-order chi connectivity index (χ0) is 20.9. The Balaban J connectivity index is 0.00000320. The summed E-state index contributed by atoms with van der Waals surface area (Å²) in [6, 6.07) is 5.95. The highest BCUT2D eigenvalue weighted by molar-refractivity contribution is 14.0. The number of furan rings is 1. The Bertz CT molecular complexity index is 971. The molecule has 0 spiro atoms. The van der Waals surface area contributed by atoms with Crippen LogP contribution in [0.4, 0.5) is 17.6 Å². The molecule has 0 aliphatic rings. The van der Waals surface area contributed by atoms with Crippen molar-refractivity contribution >= 4 is 29.9 Å². The Morgan fingerprint density at radius 3 is 2.70 bits per heavy atom. The van der Waals surface area contributed by atoms with Gasteiger partial charge in [0, 0.05) is 6.54 Å². The van der Waals surface area contributed by atoms with Crippen LogP contribution in [0.5, 0.6) is 0 Å². The van der Waals surface area contributed by atoms with Crippen LogP contribution in [0.1, 0.15) is 23.9 Å². The zero-order valence-electron chi connectivity index (χ0n) is 15.8. The lowest BCUT2D eigenvalue weighted by atomic mass is 10.1. The summed E-state index contributed by atoms with van der Waals surface area (Å²) in [6.45, 7) is 2.24. The second-order valence-electron chi connectivity index (χ2n) is 5.93. The molecule has 0 saturated carbocycles. The molecular weight excluding hydrogens is 519 g/mol. The van der Waals surface area contributed by atoms with Crippen LogP contribution >= 0.6 is 24.0 Å². The molecule has 30 heavy (non-hydrogen) atoms. The summed E-state index contributed by atoms with van der Waals surface area (Å²) in [6.07, 6.45) is -3.16. The number of aromatic nitrogens is 3. The summed E-state index contributed by atoms with van der Waals surface area (Å²) in [5, 5.41) is 12.7. The number of aliphatic imine (C=N–C) groups is 1. The number of guanidine groups is 1. The fourth-order valence-electron chi connectivity index (χ4n) is 2.51. The summed E-state index contributed by atoms with van der Waals surface area (Å²) >= 11 is 0. The molecule has 0 unspecified atom stereocenters. The Morgan fingerprint density at radius 2 is 2.03 bits per heavy atom. The number of halogens is 5. The van der Waals surface area contributed by atoms with Crippen LogP contribution in [-0.4, -0.2) is 27.7 Å². The van der Waals surface area contributed by atoms with Gasteiger partial charge < -0.3 is 15.1 Å². The number of hydrogen-bond donors (Lipinski definition) is 3. The lowest BCUT2D eigenvalue weighted by Crippen LogP contribution is -2.37. The summed E-state index contributed by atoms with van der Waals surface area (Å²) in [5.74, 6) is 0.701. The van der Waals surface area contributed by atoms with E-state index in [1.807, 2.05) is 6.92 Å². The first-order valence-corrected chi connectivity index (χ1v) is 8.69. The normalized spacial score (nSPS) is 11.8. The van der Waals surface area contributed by atoms with Gasteiger partial charge in [-0.1, -0.05) is 6.07 Å². The van der Waals surface area contributed by atoms with Crippen molar-refractivity contribution in [1.82, 2.24) is 25.8 Å². The van der Waals surface area contributed by atoms with E-state index in [2.05, 4.69) is 30.8 Å². The first kappa shape index (κ1) is 23.6. The van der Waals surface area contributed by atoms with E-state index in [0.717, 1.165) is 12.1 Å². The molecule has 7 nitrogen and oxygen atoms in total. The van der Waals surface area contributed by atoms with Gasteiger partial charge in [-0.05, 0) is 36.8 Å². The molecule has 3 N–H and O–H groups in total. The van der Waals surface area contributed by atoms with Crippen molar-refractivity contribution in [1.29, 1.82) is 0 Å². The van der Waals surface area contributed by atoms with Crippen LogP contribution in [0.2, 0.25) is 0 Å². The van der Waals surface area contributed by atoms with Gasteiger partial charge in [-0.15, -0.1) is 29.1 Å². The van der Waals surface area contributed by atoms with Gasteiger partial charge in [0.25, 0.3) is 0 Å². The molecule has 0 bridgehead atoms. The number of rotatable bonds is 6. The number of benzene rings is 1. The quantitative estimate of drug-likeness (QED) is 0.190. The van der Waals surface area contributed by atoms with Crippen LogP contribution in [0.25, 0.3) is 11.6 Å². The fraction of sp³-hybridized carbons (Fsp3) is 0.278. The van der Waals surface area contributed by atoms with Gasteiger partial charge in [0.15, 0.2) is 11.7 Å². The maximum absolute atomic E-state index is 13.2. The van der Waals surface area contributed by atoms with Crippen molar-refractivity contribution in [3.8, 4) is 11.6 Å². The van der Waals surface area contributed by atoms with Gasteiger partial charge in [0.1, 0.15) is 11.6 Å². The van der Waals surface area contributed by atoms with Gasteiger partial charge in [-0.3, -0.25) is 5.10 Å². The first-order valence-electron chi connectivity index (χ1n) is 8.69. The lowest BCUT2D eigenvalue weighted by molar-refractivity contribution is -0.138. The third kappa shape index (κ3) is 6.18. The Kier molecular flexibility index (Phi) is 8.20. The van der Waals surface area contributed by atoms with Crippen molar-refractivity contribution in [2.24, 2.45) is 4.99 Å². The maximum atomic E-state index is 13.2. The van der Waals surface area contributed by atoms with Crippen molar-refractivity contribution in [2.45, 2.75) is 26.2 Å². The number of nitrogens with zero attached hydrogens (tertiary/aromatic N) is 3. The largest absolute Gasteiger partial charge is 0.461 e. The van der Waals surface area contributed by atoms with E-state index in [-0.39, 0.29) is 48.6 Å². The molecule has 12 heteroatoms.